The van der Waals surface area contributed by atoms with Crippen LogP contribution in [0.1, 0.15) is 34.0 Å². The first-order chi connectivity index (χ1) is 15.8. The molecule has 1 aliphatic rings. The summed E-state index contributed by atoms with van der Waals surface area (Å²) in [5.74, 6) is -3.13. The minimum atomic E-state index is -1.30. The Labute approximate surface area is 187 Å². The lowest BCUT2D eigenvalue weighted by Gasteiger charge is -2.28. The zero-order valence-electron chi connectivity index (χ0n) is 17.9. The highest BCUT2D eigenvalue weighted by molar-refractivity contribution is 6.04. The molecule has 10 heteroatoms. The molecule has 0 aliphatic carbocycles. The minimum Gasteiger partial charge on any atom is -0.493 e. The van der Waals surface area contributed by atoms with Crippen LogP contribution in [0.4, 0.5) is 14.5 Å². The number of aromatic carboxylic acids is 1. The number of carbonyl (C=O) groups is 2. The SMILES string of the molecule is COc1ccc([C@@H]2CC(=O)Nc3c(C(=O)O)cn(-c4cc(F)cc(F)c4)c32)c(OC)c1OC. The molecule has 0 radical (unpaired) electrons. The van der Waals surface area contributed by atoms with Crippen LogP contribution in [0.25, 0.3) is 5.69 Å². The monoisotopic (exact) mass is 458 g/mol. The molecule has 1 aliphatic heterocycles. The van der Waals surface area contributed by atoms with E-state index in [1.807, 2.05) is 0 Å². The Morgan fingerprint density at radius 3 is 2.30 bits per heavy atom. The molecule has 3 aromatic rings. The van der Waals surface area contributed by atoms with Gasteiger partial charge in [0, 0.05) is 30.2 Å². The van der Waals surface area contributed by atoms with Gasteiger partial charge in [-0.2, -0.15) is 0 Å². The van der Waals surface area contributed by atoms with Crippen LogP contribution in [-0.2, 0) is 4.79 Å². The second-order valence-electron chi connectivity index (χ2n) is 7.33. The van der Waals surface area contributed by atoms with Crippen molar-refractivity contribution in [1.29, 1.82) is 0 Å². The zero-order valence-corrected chi connectivity index (χ0v) is 17.9. The number of fused-ring (bicyclic) bond motifs is 1. The molecule has 1 aromatic heterocycles. The first-order valence-electron chi connectivity index (χ1n) is 9.82. The van der Waals surface area contributed by atoms with Crippen LogP contribution in [0.15, 0.2) is 36.5 Å². The lowest BCUT2D eigenvalue weighted by Crippen LogP contribution is -2.26. The van der Waals surface area contributed by atoms with Gasteiger partial charge in [0.15, 0.2) is 11.5 Å². The highest BCUT2D eigenvalue weighted by Gasteiger charge is 2.37. The Morgan fingerprint density at radius 1 is 1.06 bits per heavy atom. The van der Waals surface area contributed by atoms with E-state index in [0.29, 0.717) is 28.8 Å². The summed E-state index contributed by atoms with van der Waals surface area (Å²) in [5, 5.41) is 12.3. The average Bonchev–Trinajstić information content (AvgIpc) is 3.16. The quantitative estimate of drug-likeness (QED) is 0.580. The van der Waals surface area contributed by atoms with E-state index >= 15 is 0 Å². The van der Waals surface area contributed by atoms with Crippen LogP contribution in [0.2, 0.25) is 0 Å². The van der Waals surface area contributed by atoms with E-state index in [2.05, 4.69) is 5.32 Å². The molecule has 1 atom stereocenters. The Morgan fingerprint density at radius 2 is 1.73 bits per heavy atom. The summed E-state index contributed by atoms with van der Waals surface area (Å²) in [5.41, 5.74) is 0.746. The van der Waals surface area contributed by atoms with E-state index in [0.717, 1.165) is 12.1 Å². The molecule has 2 N–H and O–H groups in total. The third-order valence-electron chi connectivity index (χ3n) is 5.49. The van der Waals surface area contributed by atoms with Crippen LogP contribution >= 0.6 is 0 Å². The molecule has 2 aromatic carbocycles. The molecule has 0 bridgehead atoms. The summed E-state index contributed by atoms with van der Waals surface area (Å²) >= 11 is 0. The number of aromatic nitrogens is 1. The van der Waals surface area contributed by atoms with Crippen molar-refractivity contribution < 1.29 is 37.7 Å². The Kier molecular flexibility index (Phi) is 5.67. The number of carboxylic acids is 1. The van der Waals surface area contributed by atoms with Crippen molar-refractivity contribution in [3.63, 3.8) is 0 Å². The number of carboxylic acid groups (broad SMARTS) is 1. The third-order valence-corrected chi connectivity index (χ3v) is 5.49. The fourth-order valence-corrected chi connectivity index (χ4v) is 4.18. The molecule has 2 heterocycles. The second kappa shape index (κ2) is 8.45. The van der Waals surface area contributed by atoms with Crippen molar-refractivity contribution in [3.8, 4) is 22.9 Å². The third kappa shape index (κ3) is 3.73. The molecule has 1 amide bonds. The van der Waals surface area contributed by atoms with Gasteiger partial charge in [-0.1, -0.05) is 6.07 Å². The van der Waals surface area contributed by atoms with E-state index in [4.69, 9.17) is 14.2 Å². The van der Waals surface area contributed by atoms with Crippen molar-refractivity contribution in [2.24, 2.45) is 0 Å². The molecular formula is C23H20F2N2O6. The molecule has 0 unspecified atom stereocenters. The number of anilines is 1. The number of benzene rings is 2. The van der Waals surface area contributed by atoms with Gasteiger partial charge < -0.3 is 29.2 Å². The number of methoxy groups -OCH3 is 3. The highest BCUT2D eigenvalue weighted by Crippen LogP contribution is 2.49. The van der Waals surface area contributed by atoms with Crippen LogP contribution in [-0.4, -0.2) is 42.9 Å². The van der Waals surface area contributed by atoms with Gasteiger partial charge in [-0.3, -0.25) is 4.79 Å². The number of hydrogen-bond acceptors (Lipinski definition) is 5. The molecule has 8 nitrogen and oxygen atoms in total. The second-order valence-corrected chi connectivity index (χ2v) is 7.33. The molecule has 0 saturated carbocycles. The summed E-state index contributed by atoms with van der Waals surface area (Å²) in [6, 6.07) is 6.18. The molecule has 33 heavy (non-hydrogen) atoms. The Balaban J connectivity index is 2.03. The van der Waals surface area contributed by atoms with Gasteiger partial charge >= 0.3 is 5.97 Å². The maximum atomic E-state index is 14.0. The van der Waals surface area contributed by atoms with Crippen molar-refractivity contribution in [2.75, 3.05) is 26.6 Å². The lowest BCUT2D eigenvalue weighted by molar-refractivity contribution is -0.116. The van der Waals surface area contributed by atoms with E-state index < -0.39 is 29.4 Å². The summed E-state index contributed by atoms with van der Waals surface area (Å²) < 4.78 is 45.7. The Bertz CT molecular complexity index is 1250. The number of amides is 1. The topological polar surface area (TPSA) is 99.0 Å². The van der Waals surface area contributed by atoms with Crippen molar-refractivity contribution in [2.45, 2.75) is 12.3 Å². The summed E-state index contributed by atoms with van der Waals surface area (Å²) in [6.45, 7) is 0. The number of hydrogen-bond donors (Lipinski definition) is 2. The van der Waals surface area contributed by atoms with E-state index in [1.165, 1.54) is 32.1 Å². The van der Waals surface area contributed by atoms with Gasteiger partial charge in [0.1, 0.15) is 17.2 Å². The summed E-state index contributed by atoms with van der Waals surface area (Å²) in [6.07, 6.45) is 1.16. The van der Waals surface area contributed by atoms with Crippen molar-refractivity contribution >= 4 is 17.6 Å². The minimum absolute atomic E-state index is 0.0465. The normalized spacial score (nSPS) is 14.9. The van der Waals surface area contributed by atoms with Crippen LogP contribution in [0.3, 0.4) is 0 Å². The maximum Gasteiger partial charge on any atom is 0.339 e. The van der Waals surface area contributed by atoms with Crippen molar-refractivity contribution in [1.82, 2.24) is 4.57 Å². The van der Waals surface area contributed by atoms with E-state index in [9.17, 15) is 23.5 Å². The number of ether oxygens (including phenoxy) is 3. The maximum absolute atomic E-state index is 14.0. The van der Waals surface area contributed by atoms with Crippen LogP contribution in [0, 0.1) is 11.6 Å². The highest BCUT2D eigenvalue weighted by atomic mass is 19.1. The summed E-state index contributed by atoms with van der Waals surface area (Å²) in [4.78, 5) is 24.5. The van der Waals surface area contributed by atoms with Crippen LogP contribution in [0.5, 0.6) is 17.2 Å². The Hall–Kier alpha value is -4.08. The van der Waals surface area contributed by atoms with E-state index in [-0.39, 0.29) is 29.1 Å². The van der Waals surface area contributed by atoms with Gasteiger partial charge in [-0.05, 0) is 18.2 Å². The zero-order chi connectivity index (χ0) is 23.9. The first kappa shape index (κ1) is 22.1. The van der Waals surface area contributed by atoms with Crippen molar-refractivity contribution in [3.05, 3.63) is 65.0 Å². The van der Waals surface area contributed by atoms with E-state index in [1.54, 1.807) is 12.1 Å². The largest absolute Gasteiger partial charge is 0.493 e. The van der Waals surface area contributed by atoms with Gasteiger partial charge in [0.2, 0.25) is 11.7 Å². The predicted molar refractivity (Wildman–Crippen MR) is 114 cm³/mol. The lowest BCUT2D eigenvalue weighted by atomic mass is 9.87. The number of rotatable bonds is 6. The summed E-state index contributed by atoms with van der Waals surface area (Å²) in [7, 11) is 4.32. The average molecular weight is 458 g/mol. The fourth-order valence-electron chi connectivity index (χ4n) is 4.18. The molecule has 0 fully saturated rings. The van der Waals surface area contributed by atoms with Gasteiger partial charge in [0.05, 0.1) is 38.4 Å². The number of nitrogens with one attached hydrogen (secondary N) is 1. The molecule has 0 saturated heterocycles. The number of nitrogens with zero attached hydrogens (tertiary/aromatic N) is 1. The fraction of sp³-hybridized carbons (Fsp3) is 0.217. The van der Waals surface area contributed by atoms with Gasteiger partial charge in [0.25, 0.3) is 0 Å². The molecule has 0 spiro atoms. The van der Waals surface area contributed by atoms with Gasteiger partial charge in [-0.25, -0.2) is 13.6 Å². The van der Waals surface area contributed by atoms with Crippen LogP contribution < -0.4 is 19.5 Å². The number of halogens is 2. The standard InChI is InChI=1S/C23H20F2N2O6/c1-31-17-5-4-14(21(32-2)22(17)33-3)15-9-18(28)26-19-16(23(29)30)10-27(20(15)19)13-7-11(24)6-12(25)8-13/h4-8,10,15H,9H2,1-3H3,(H,26,28)(H,29,30)/t15-/m0/s1. The predicted octanol–water partition coefficient (Wildman–Crippen LogP) is 3.95. The first-order valence-corrected chi connectivity index (χ1v) is 9.82. The number of carbonyl (C=O) groups excluding carboxylic acids is 1. The smallest absolute Gasteiger partial charge is 0.339 e. The molecule has 4 rings (SSSR count). The molecule has 172 valence electrons. The molecular weight excluding hydrogens is 438 g/mol. The van der Waals surface area contributed by atoms with Gasteiger partial charge in [-0.15, -0.1) is 0 Å².